The van der Waals surface area contributed by atoms with E-state index in [2.05, 4.69) is 38.0 Å². The van der Waals surface area contributed by atoms with Crippen molar-refractivity contribution in [2.75, 3.05) is 26.2 Å². The Morgan fingerprint density at radius 3 is 2.82 bits per heavy atom. The van der Waals surface area contributed by atoms with Gasteiger partial charge in [-0.05, 0) is 62.5 Å². The number of guanidine groups is 1. The molecule has 0 saturated carbocycles. The van der Waals surface area contributed by atoms with Crippen molar-refractivity contribution < 1.29 is 4.39 Å². The Labute approximate surface area is 169 Å². The molecule has 0 spiro atoms. The Bertz CT molecular complexity index is 822. The Hall–Kier alpha value is -2.43. The fraction of sp³-hybridized carbons (Fsp3) is 0.429. The number of likely N-dealkylation sites (tertiary alicyclic amines) is 1. The molecule has 0 aliphatic carbocycles. The highest BCUT2D eigenvalue weighted by Gasteiger charge is 2.24. The van der Waals surface area contributed by atoms with Crippen LogP contribution in [-0.4, -0.2) is 37.0 Å². The lowest BCUT2D eigenvalue weighted by molar-refractivity contribution is 0.249. The highest BCUT2D eigenvalue weighted by molar-refractivity contribution is 7.10. The van der Waals surface area contributed by atoms with Crippen molar-refractivity contribution in [1.82, 2.24) is 15.5 Å². The van der Waals surface area contributed by atoms with Gasteiger partial charge < -0.3 is 10.6 Å². The molecule has 0 amide bonds. The van der Waals surface area contributed by atoms with Crippen LogP contribution >= 0.6 is 11.3 Å². The topological polar surface area (TPSA) is 63.5 Å². The molecular formula is C21H26FN5S. The molecule has 0 bridgehead atoms. The number of halogens is 1. The van der Waals surface area contributed by atoms with E-state index >= 15 is 0 Å². The number of nitriles is 1. The number of nitrogens with zero attached hydrogens (tertiary/aromatic N) is 3. The molecule has 1 aliphatic rings. The zero-order valence-corrected chi connectivity index (χ0v) is 16.9. The normalized spacial score (nSPS) is 16.0. The number of thiophene rings is 1. The molecule has 28 heavy (non-hydrogen) atoms. The van der Waals surface area contributed by atoms with Crippen molar-refractivity contribution in [3.8, 4) is 6.07 Å². The lowest BCUT2D eigenvalue weighted by Gasteiger charge is -2.27. The van der Waals surface area contributed by atoms with Gasteiger partial charge in [0.1, 0.15) is 5.82 Å². The van der Waals surface area contributed by atoms with Gasteiger partial charge in [0.25, 0.3) is 0 Å². The first kappa shape index (κ1) is 20.3. The van der Waals surface area contributed by atoms with E-state index in [1.54, 1.807) is 17.4 Å². The zero-order valence-electron chi connectivity index (χ0n) is 16.1. The number of benzene rings is 1. The molecule has 1 aromatic heterocycles. The minimum atomic E-state index is -0.341. The molecule has 2 heterocycles. The molecule has 0 radical (unpaired) electrons. The van der Waals surface area contributed by atoms with E-state index in [-0.39, 0.29) is 12.4 Å². The first-order chi connectivity index (χ1) is 13.7. The second-order valence-electron chi connectivity index (χ2n) is 6.77. The van der Waals surface area contributed by atoms with Crippen LogP contribution in [0.15, 0.2) is 40.7 Å². The van der Waals surface area contributed by atoms with Crippen molar-refractivity contribution >= 4 is 17.3 Å². The molecule has 2 aromatic rings. The van der Waals surface area contributed by atoms with Crippen LogP contribution < -0.4 is 10.6 Å². The van der Waals surface area contributed by atoms with Crippen molar-refractivity contribution in [3.63, 3.8) is 0 Å². The van der Waals surface area contributed by atoms with Crippen LogP contribution in [0.4, 0.5) is 4.39 Å². The maximum absolute atomic E-state index is 14.0. The Morgan fingerprint density at radius 2 is 2.14 bits per heavy atom. The summed E-state index contributed by atoms with van der Waals surface area (Å²) in [6.45, 7) is 5.89. The summed E-state index contributed by atoms with van der Waals surface area (Å²) in [5.41, 5.74) is 0.863. The molecule has 2 N–H and O–H groups in total. The minimum Gasteiger partial charge on any atom is -0.357 e. The molecule has 1 aromatic carbocycles. The van der Waals surface area contributed by atoms with E-state index in [0.717, 1.165) is 26.2 Å². The number of hydrogen-bond acceptors (Lipinski definition) is 4. The van der Waals surface area contributed by atoms with E-state index in [4.69, 9.17) is 5.26 Å². The maximum atomic E-state index is 14.0. The van der Waals surface area contributed by atoms with Gasteiger partial charge in [-0.3, -0.25) is 4.90 Å². The monoisotopic (exact) mass is 399 g/mol. The van der Waals surface area contributed by atoms with Gasteiger partial charge in [0.15, 0.2) is 5.96 Å². The van der Waals surface area contributed by atoms with Crippen molar-refractivity contribution in [2.45, 2.75) is 32.4 Å². The van der Waals surface area contributed by atoms with E-state index in [1.165, 1.54) is 29.9 Å². The molecule has 7 heteroatoms. The fourth-order valence-corrected chi connectivity index (χ4v) is 4.27. The molecule has 1 unspecified atom stereocenters. The smallest absolute Gasteiger partial charge is 0.191 e. The highest BCUT2D eigenvalue weighted by Crippen LogP contribution is 2.27. The lowest BCUT2D eigenvalue weighted by atomic mass is 10.1. The summed E-state index contributed by atoms with van der Waals surface area (Å²) in [5.74, 6) is 0.317. The third-order valence-corrected chi connectivity index (χ3v) is 5.82. The Kier molecular flexibility index (Phi) is 7.40. The SMILES string of the molecule is CCNC(=NCc1cc(C#N)ccc1F)NCC(c1cccs1)N1CCCC1. The fourth-order valence-electron chi connectivity index (χ4n) is 3.41. The van der Waals surface area contributed by atoms with Crippen LogP contribution in [0, 0.1) is 17.1 Å². The highest BCUT2D eigenvalue weighted by atomic mass is 32.1. The van der Waals surface area contributed by atoms with Crippen LogP contribution in [-0.2, 0) is 6.54 Å². The van der Waals surface area contributed by atoms with Crippen molar-refractivity contribution in [1.29, 1.82) is 5.26 Å². The number of rotatable bonds is 7. The summed E-state index contributed by atoms with van der Waals surface area (Å²) in [6, 6.07) is 11.0. The van der Waals surface area contributed by atoms with Crippen LogP contribution in [0.1, 0.15) is 41.8 Å². The summed E-state index contributed by atoms with van der Waals surface area (Å²) in [6.07, 6.45) is 2.48. The quantitative estimate of drug-likeness (QED) is 0.551. The third-order valence-electron chi connectivity index (χ3n) is 4.84. The Morgan fingerprint density at radius 1 is 1.32 bits per heavy atom. The van der Waals surface area contributed by atoms with Crippen LogP contribution in [0.2, 0.25) is 0 Å². The number of hydrogen-bond donors (Lipinski definition) is 2. The van der Waals surface area contributed by atoms with Crippen LogP contribution in [0.25, 0.3) is 0 Å². The predicted octanol–water partition coefficient (Wildman–Crippen LogP) is 3.65. The van der Waals surface area contributed by atoms with Gasteiger partial charge in [0, 0.05) is 23.5 Å². The predicted molar refractivity (Wildman–Crippen MR) is 112 cm³/mol. The van der Waals surface area contributed by atoms with E-state index in [0.29, 0.717) is 23.1 Å². The van der Waals surface area contributed by atoms with Gasteiger partial charge in [-0.2, -0.15) is 5.26 Å². The van der Waals surface area contributed by atoms with Gasteiger partial charge in [-0.1, -0.05) is 6.07 Å². The van der Waals surface area contributed by atoms with Gasteiger partial charge in [-0.25, -0.2) is 9.38 Å². The molecule has 1 atom stereocenters. The second kappa shape index (κ2) is 10.2. The molecule has 1 fully saturated rings. The summed E-state index contributed by atoms with van der Waals surface area (Å²) in [7, 11) is 0. The van der Waals surface area contributed by atoms with Crippen LogP contribution in [0.5, 0.6) is 0 Å². The third kappa shape index (κ3) is 5.31. The van der Waals surface area contributed by atoms with Crippen molar-refractivity contribution in [3.05, 3.63) is 57.5 Å². The Balaban J connectivity index is 1.69. The first-order valence-corrected chi connectivity index (χ1v) is 10.6. The van der Waals surface area contributed by atoms with Gasteiger partial charge >= 0.3 is 0 Å². The van der Waals surface area contributed by atoms with Gasteiger partial charge in [0.2, 0.25) is 0 Å². The molecule has 148 valence electrons. The largest absolute Gasteiger partial charge is 0.357 e. The zero-order chi connectivity index (χ0) is 19.8. The lowest BCUT2D eigenvalue weighted by Crippen LogP contribution is -2.42. The standard InChI is InChI=1S/C21H26FN5S/c1-2-24-21(25-14-17-12-16(13-23)7-8-18(17)22)26-15-19(20-6-5-11-28-20)27-9-3-4-10-27/h5-8,11-12,19H,2-4,9-10,14-15H2,1H3,(H2,24,25,26). The molecule has 1 saturated heterocycles. The minimum absolute atomic E-state index is 0.185. The molecule has 1 aliphatic heterocycles. The molecule has 3 rings (SSSR count). The molecule has 5 nitrogen and oxygen atoms in total. The summed E-state index contributed by atoms with van der Waals surface area (Å²) < 4.78 is 14.0. The maximum Gasteiger partial charge on any atom is 0.191 e. The summed E-state index contributed by atoms with van der Waals surface area (Å²) in [5, 5.41) is 17.8. The molecular weight excluding hydrogens is 373 g/mol. The average Bonchev–Trinajstić information content (AvgIpc) is 3.42. The number of aliphatic imine (C=N–C) groups is 1. The van der Waals surface area contributed by atoms with E-state index < -0.39 is 0 Å². The van der Waals surface area contributed by atoms with Crippen LogP contribution in [0.3, 0.4) is 0 Å². The first-order valence-electron chi connectivity index (χ1n) is 9.69. The van der Waals surface area contributed by atoms with Gasteiger partial charge in [-0.15, -0.1) is 11.3 Å². The van der Waals surface area contributed by atoms with Crippen molar-refractivity contribution in [2.24, 2.45) is 4.99 Å². The average molecular weight is 400 g/mol. The van der Waals surface area contributed by atoms with E-state index in [1.807, 2.05) is 13.0 Å². The van der Waals surface area contributed by atoms with E-state index in [9.17, 15) is 4.39 Å². The summed E-state index contributed by atoms with van der Waals surface area (Å²) >= 11 is 1.78. The second-order valence-corrected chi connectivity index (χ2v) is 7.75. The number of nitrogens with one attached hydrogen (secondary N) is 2. The van der Waals surface area contributed by atoms with Gasteiger partial charge in [0.05, 0.1) is 24.2 Å². The summed E-state index contributed by atoms with van der Waals surface area (Å²) in [4.78, 5) is 8.39.